The Bertz CT molecular complexity index is 459. The topological polar surface area (TPSA) is 55.3 Å². The van der Waals surface area contributed by atoms with Crippen molar-refractivity contribution in [3.05, 3.63) is 0 Å². The van der Waals surface area contributed by atoms with Gasteiger partial charge in [-0.1, -0.05) is 25.7 Å². The van der Waals surface area contributed by atoms with E-state index in [1.807, 2.05) is 0 Å². The van der Waals surface area contributed by atoms with E-state index in [2.05, 4.69) is 17.1 Å². The molecule has 0 spiro atoms. The molecule has 1 N–H and O–H groups in total. The van der Waals surface area contributed by atoms with E-state index < -0.39 is 0 Å². The molecule has 2 aliphatic heterocycles. The third kappa shape index (κ3) is 9.57. The van der Waals surface area contributed by atoms with Crippen LogP contribution in [0.2, 0.25) is 0 Å². The van der Waals surface area contributed by atoms with Gasteiger partial charge in [-0.3, -0.25) is 4.99 Å². The number of nitrogens with zero attached hydrogens (tertiary/aromatic N) is 2. The number of rotatable bonds is 8. The Labute approximate surface area is 200 Å². The lowest BCUT2D eigenvalue weighted by molar-refractivity contribution is -0.0721. The summed E-state index contributed by atoms with van der Waals surface area (Å²) in [5.74, 6) is 1.03. The smallest absolute Gasteiger partial charge is 0.193 e. The van der Waals surface area contributed by atoms with Gasteiger partial charge in [0.05, 0.1) is 38.1 Å². The van der Waals surface area contributed by atoms with Crippen molar-refractivity contribution < 1.29 is 14.2 Å². The molecule has 3 fully saturated rings. The van der Waals surface area contributed by atoms with Crippen molar-refractivity contribution in [2.24, 2.45) is 4.99 Å². The van der Waals surface area contributed by atoms with Crippen molar-refractivity contribution in [3.8, 4) is 0 Å². The Hall–Kier alpha value is -0.120. The molecular formula is C23H44IN3O3. The molecule has 2 heterocycles. The fourth-order valence-electron chi connectivity index (χ4n) is 4.62. The zero-order valence-corrected chi connectivity index (χ0v) is 21.3. The Kier molecular flexibility index (Phi) is 13.6. The van der Waals surface area contributed by atoms with Crippen LogP contribution in [0.5, 0.6) is 0 Å². The van der Waals surface area contributed by atoms with Gasteiger partial charge in [0.1, 0.15) is 0 Å². The van der Waals surface area contributed by atoms with E-state index >= 15 is 0 Å². The van der Waals surface area contributed by atoms with Crippen LogP contribution in [0.4, 0.5) is 0 Å². The summed E-state index contributed by atoms with van der Waals surface area (Å²) < 4.78 is 18.0. The molecular weight excluding hydrogens is 493 g/mol. The predicted octanol–water partition coefficient (Wildman–Crippen LogP) is 4.36. The number of aliphatic imine (C=N–C) groups is 1. The van der Waals surface area contributed by atoms with Crippen molar-refractivity contribution in [3.63, 3.8) is 0 Å². The van der Waals surface area contributed by atoms with Gasteiger partial charge >= 0.3 is 0 Å². The van der Waals surface area contributed by atoms with Gasteiger partial charge < -0.3 is 24.4 Å². The molecule has 1 atom stereocenters. The highest BCUT2D eigenvalue weighted by atomic mass is 127. The van der Waals surface area contributed by atoms with Crippen LogP contribution in [0, 0.1) is 0 Å². The van der Waals surface area contributed by atoms with E-state index in [-0.39, 0.29) is 24.0 Å². The van der Waals surface area contributed by atoms with E-state index in [0.717, 1.165) is 71.2 Å². The van der Waals surface area contributed by atoms with Crippen molar-refractivity contribution in [1.82, 2.24) is 10.2 Å². The van der Waals surface area contributed by atoms with Crippen molar-refractivity contribution in [1.29, 1.82) is 0 Å². The van der Waals surface area contributed by atoms with Crippen LogP contribution >= 0.6 is 24.0 Å². The minimum Gasteiger partial charge on any atom is -0.376 e. The van der Waals surface area contributed by atoms with Crippen LogP contribution in [0.1, 0.15) is 77.6 Å². The molecule has 0 aromatic carbocycles. The summed E-state index contributed by atoms with van der Waals surface area (Å²) in [6.07, 6.45) is 14.7. The van der Waals surface area contributed by atoms with E-state index in [4.69, 9.17) is 19.2 Å². The average Bonchev–Trinajstić information content (AvgIpc) is 3.04. The lowest BCUT2D eigenvalue weighted by atomic mass is 10.1. The lowest BCUT2D eigenvalue weighted by Gasteiger charge is -2.35. The Balaban J connectivity index is 0.00000320. The van der Waals surface area contributed by atoms with Gasteiger partial charge in [-0.05, 0) is 51.9 Å². The average molecular weight is 538 g/mol. The molecule has 1 saturated carbocycles. The highest BCUT2D eigenvalue weighted by molar-refractivity contribution is 14.0. The normalized spacial score (nSPS) is 24.9. The number of guanidine groups is 1. The molecule has 0 aromatic rings. The number of halogens is 1. The molecule has 3 rings (SSSR count). The van der Waals surface area contributed by atoms with Crippen molar-refractivity contribution in [2.45, 2.75) is 95.9 Å². The maximum Gasteiger partial charge on any atom is 0.193 e. The SMILES string of the molecule is CCNC(=NCCOC1CCCCCC1)N1CCC(OCC2CCCCO2)CC1.I. The molecule has 1 aliphatic carbocycles. The second-order valence-corrected chi connectivity index (χ2v) is 8.73. The van der Waals surface area contributed by atoms with E-state index in [1.54, 1.807) is 0 Å². The Morgan fingerprint density at radius 3 is 2.30 bits per heavy atom. The maximum absolute atomic E-state index is 6.15. The van der Waals surface area contributed by atoms with Gasteiger partial charge in [0, 0.05) is 26.2 Å². The second kappa shape index (κ2) is 15.6. The summed E-state index contributed by atoms with van der Waals surface area (Å²) in [6, 6.07) is 0. The molecule has 7 heteroatoms. The largest absolute Gasteiger partial charge is 0.376 e. The summed E-state index contributed by atoms with van der Waals surface area (Å²) in [7, 11) is 0. The van der Waals surface area contributed by atoms with Crippen LogP contribution < -0.4 is 5.32 Å². The van der Waals surface area contributed by atoms with Crippen molar-refractivity contribution in [2.75, 3.05) is 46.0 Å². The van der Waals surface area contributed by atoms with E-state index in [0.29, 0.717) is 18.3 Å². The molecule has 176 valence electrons. The summed E-state index contributed by atoms with van der Waals surface area (Å²) in [5.41, 5.74) is 0. The van der Waals surface area contributed by atoms with Crippen LogP contribution in [0.15, 0.2) is 4.99 Å². The minimum absolute atomic E-state index is 0. The summed E-state index contributed by atoms with van der Waals surface area (Å²) in [5, 5.41) is 3.46. The van der Waals surface area contributed by atoms with Crippen LogP contribution in [0.25, 0.3) is 0 Å². The number of hydrogen-bond donors (Lipinski definition) is 1. The summed E-state index contributed by atoms with van der Waals surface area (Å²) in [4.78, 5) is 7.22. The van der Waals surface area contributed by atoms with Gasteiger partial charge in [-0.25, -0.2) is 0 Å². The maximum atomic E-state index is 6.15. The van der Waals surface area contributed by atoms with Gasteiger partial charge in [-0.2, -0.15) is 0 Å². The van der Waals surface area contributed by atoms with Crippen molar-refractivity contribution >= 4 is 29.9 Å². The summed E-state index contributed by atoms with van der Waals surface area (Å²) in [6.45, 7) is 8.19. The number of piperidine rings is 1. The number of ether oxygens (including phenoxy) is 3. The van der Waals surface area contributed by atoms with Gasteiger partial charge in [0.25, 0.3) is 0 Å². The number of nitrogens with one attached hydrogen (secondary N) is 1. The van der Waals surface area contributed by atoms with Gasteiger partial charge in [-0.15, -0.1) is 24.0 Å². The highest BCUT2D eigenvalue weighted by Crippen LogP contribution is 2.20. The fourth-order valence-corrected chi connectivity index (χ4v) is 4.62. The molecule has 0 bridgehead atoms. The molecule has 30 heavy (non-hydrogen) atoms. The quantitative estimate of drug-likeness (QED) is 0.164. The van der Waals surface area contributed by atoms with Crippen LogP contribution in [0.3, 0.4) is 0 Å². The number of likely N-dealkylation sites (tertiary alicyclic amines) is 1. The Morgan fingerprint density at radius 2 is 1.63 bits per heavy atom. The first-order chi connectivity index (χ1) is 14.3. The standard InChI is InChI=1S/C23H43N3O3.HI/c1-2-24-23(25-14-18-28-20-9-5-3-4-6-10-20)26-15-12-21(13-16-26)29-19-22-11-7-8-17-27-22;/h20-22H,2-19H2,1H3,(H,24,25);1H. The van der Waals surface area contributed by atoms with Gasteiger partial charge in [0.15, 0.2) is 5.96 Å². The molecule has 0 amide bonds. The monoisotopic (exact) mass is 537 g/mol. The minimum atomic E-state index is 0. The first-order valence-corrected chi connectivity index (χ1v) is 12.2. The zero-order chi connectivity index (χ0) is 20.2. The second-order valence-electron chi connectivity index (χ2n) is 8.73. The van der Waals surface area contributed by atoms with E-state index in [9.17, 15) is 0 Å². The van der Waals surface area contributed by atoms with Crippen LogP contribution in [-0.4, -0.2) is 75.2 Å². The predicted molar refractivity (Wildman–Crippen MR) is 133 cm³/mol. The molecule has 3 aliphatic rings. The highest BCUT2D eigenvalue weighted by Gasteiger charge is 2.23. The van der Waals surface area contributed by atoms with E-state index in [1.165, 1.54) is 51.4 Å². The fraction of sp³-hybridized carbons (Fsp3) is 0.957. The van der Waals surface area contributed by atoms with Gasteiger partial charge in [0.2, 0.25) is 0 Å². The Morgan fingerprint density at radius 1 is 0.933 bits per heavy atom. The molecule has 0 aromatic heterocycles. The first-order valence-electron chi connectivity index (χ1n) is 12.2. The third-order valence-corrected chi connectivity index (χ3v) is 6.38. The molecule has 1 unspecified atom stereocenters. The number of hydrogen-bond acceptors (Lipinski definition) is 4. The zero-order valence-electron chi connectivity index (χ0n) is 19.0. The molecule has 6 nitrogen and oxygen atoms in total. The first kappa shape index (κ1) is 26.1. The third-order valence-electron chi connectivity index (χ3n) is 6.38. The molecule has 0 radical (unpaired) electrons. The molecule has 2 saturated heterocycles. The summed E-state index contributed by atoms with van der Waals surface area (Å²) >= 11 is 0. The lowest BCUT2D eigenvalue weighted by Crippen LogP contribution is -2.47. The van der Waals surface area contributed by atoms with Crippen LogP contribution in [-0.2, 0) is 14.2 Å².